The lowest BCUT2D eigenvalue weighted by Crippen LogP contribution is -2.65. The van der Waals surface area contributed by atoms with Crippen LogP contribution in [0.3, 0.4) is 0 Å². The number of hydrogen-bond acceptors (Lipinski definition) is 16. The van der Waals surface area contributed by atoms with Crippen LogP contribution in [0.15, 0.2) is 35.5 Å². The second kappa shape index (κ2) is 23.0. The van der Waals surface area contributed by atoms with Gasteiger partial charge in [0.1, 0.15) is 43.5 Å². The van der Waals surface area contributed by atoms with Gasteiger partial charge in [-0.3, -0.25) is 33.7 Å². The molecule has 2 heterocycles. The monoisotopic (exact) mass is 1020 g/mol. The molecule has 402 valence electrons. The Labute approximate surface area is 424 Å². The van der Waals surface area contributed by atoms with Crippen LogP contribution in [0.25, 0.3) is 0 Å². The van der Waals surface area contributed by atoms with Gasteiger partial charge in [0.05, 0.1) is 18.3 Å². The Hall–Kier alpha value is -6.01. The predicted octanol–water partition coefficient (Wildman–Crippen LogP) is 0.608. The van der Waals surface area contributed by atoms with Crippen LogP contribution in [0.5, 0.6) is 0 Å². The maximum atomic E-state index is 13.9. The number of aliphatic carboxylic acids is 1. The van der Waals surface area contributed by atoms with Gasteiger partial charge in [0.25, 0.3) is 11.8 Å². The van der Waals surface area contributed by atoms with Crippen molar-refractivity contribution in [1.82, 2.24) is 25.9 Å². The van der Waals surface area contributed by atoms with Crippen molar-refractivity contribution in [2.45, 2.75) is 154 Å². The molecule has 4 saturated carbocycles. The van der Waals surface area contributed by atoms with Crippen molar-refractivity contribution in [3.63, 3.8) is 0 Å². The number of nitrogens with two attached hydrogens (primary N) is 1. The van der Waals surface area contributed by atoms with E-state index in [1.165, 1.54) is 17.9 Å². The number of hydrazone groups is 1. The number of nitrogens with one attached hydrogen (secondary N) is 4. The van der Waals surface area contributed by atoms with Crippen molar-refractivity contribution in [2.75, 3.05) is 38.1 Å². The molecular formula is C50H72N8O15. The number of amides is 7. The summed E-state index contributed by atoms with van der Waals surface area (Å²) in [6.45, 7) is 11.3. The topological polar surface area (TPSA) is 338 Å². The second-order valence-corrected chi connectivity index (χ2v) is 21.7. The fourth-order valence-corrected chi connectivity index (χ4v) is 12.5. The minimum atomic E-state index is -1.91. The normalized spacial score (nSPS) is 30.1. The molecule has 1 aromatic rings. The SMILES string of the molecule is C/C=N\NCC12CC3(C)CC(C)(C1)CC(OCCN(CCC(N)=O)C(=O)OCc1ccc(NC(=O)[C@H](C)NC(=O)[C@@H](NC(=O)CN4C(=O)C=CC4=O)C(C)C)cc1CC[C@@H]1O[C@H](C(=O)O)[C@@H](O)[C@H](O)[C@H]1O)(C3)C2. The van der Waals surface area contributed by atoms with E-state index in [-0.39, 0.29) is 67.5 Å². The van der Waals surface area contributed by atoms with E-state index in [0.29, 0.717) is 11.1 Å². The number of anilines is 1. The molecule has 0 spiro atoms. The standard InChI is InChI=1S/C50H72N8O15/c1-7-52-53-27-49-22-47(5)21-48(6,23-49)25-50(24-47,26-49)72-17-16-57(15-14-34(51)59)46(70)71-20-31-8-10-32(18-30(31)9-11-33-39(63)40(64)41(65)42(73-33)45(68)69)55-43(66)29(4)54-44(67)38(28(2)3)56-35(60)19-58-36(61)12-13-37(58)62/h7-8,10,12-13,18,28-29,33,38-42,53,63-65H,9,11,14-17,19-27H2,1-6H3,(H2,51,59)(H,54,67)(H,55,66)(H,56,60)(H,68,69)/b52-7-/t29-,33-,38-,39-,40+,41-,42-,47?,48?,49?,50?/m0/s1. The molecule has 5 fully saturated rings. The highest BCUT2D eigenvalue weighted by atomic mass is 16.6. The fraction of sp³-hybridized carbons (Fsp3) is 0.660. The lowest BCUT2D eigenvalue weighted by Gasteiger charge is -2.69. The first-order valence-corrected chi connectivity index (χ1v) is 24.8. The highest BCUT2D eigenvalue weighted by Crippen LogP contribution is 2.71. The third-order valence-electron chi connectivity index (χ3n) is 14.7. The van der Waals surface area contributed by atoms with E-state index in [1.807, 2.05) is 6.92 Å². The number of carbonyl (C=O) groups is 8. The smallest absolute Gasteiger partial charge is 0.410 e. The van der Waals surface area contributed by atoms with Crippen molar-refractivity contribution >= 4 is 59.4 Å². The summed E-state index contributed by atoms with van der Waals surface area (Å²) in [5.41, 5.74) is 9.58. The van der Waals surface area contributed by atoms with Gasteiger partial charge in [0.15, 0.2) is 6.10 Å². The Morgan fingerprint density at radius 1 is 0.904 bits per heavy atom. The molecule has 1 aromatic carbocycles. The van der Waals surface area contributed by atoms with Crippen LogP contribution < -0.4 is 27.1 Å². The number of carboxylic acid groups (broad SMARTS) is 1. The van der Waals surface area contributed by atoms with Gasteiger partial charge < -0.3 is 66.6 Å². The largest absolute Gasteiger partial charge is 0.479 e. The van der Waals surface area contributed by atoms with Crippen molar-refractivity contribution < 1.29 is 73.0 Å². The van der Waals surface area contributed by atoms with Crippen molar-refractivity contribution in [3.8, 4) is 0 Å². The third kappa shape index (κ3) is 13.8. The number of rotatable bonds is 24. The van der Waals surface area contributed by atoms with E-state index in [9.17, 15) is 58.8 Å². The molecule has 4 aliphatic carbocycles. The minimum Gasteiger partial charge on any atom is -0.479 e. The number of benzene rings is 1. The summed E-state index contributed by atoms with van der Waals surface area (Å²) in [5, 5.41) is 53.3. The number of carboxylic acids is 1. The van der Waals surface area contributed by atoms with E-state index in [0.717, 1.165) is 62.1 Å². The molecular weight excluding hydrogens is 953 g/mol. The molecule has 2 aliphatic heterocycles. The number of primary amides is 1. The molecule has 23 nitrogen and oxygen atoms in total. The lowest BCUT2D eigenvalue weighted by atomic mass is 9.39. The molecule has 0 aromatic heterocycles. The second-order valence-electron chi connectivity index (χ2n) is 21.7. The maximum Gasteiger partial charge on any atom is 0.410 e. The van der Waals surface area contributed by atoms with Gasteiger partial charge in [0.2, 0.25) is 23.6 Å². The third-order valence-corrected chi connectivity index (χ3v) is 14.7. The van der Waals surface area contributed by atoms with E-state index in [2.05, 4.69) is 40.3 Å². The number of ether oxygens (including phenoxy) is 3. The first-order valence-electron chi connectivity index (χ1n) is 24.8. The summed E-state index contributed by atoms with van der Waals surface area (Å²) in [6, 6.07) is 2.30. The number of imide groups is 1. The van der Waals surface area contributed by atoms with Gasteiger partial charge in [-0.05, 0) is 111 Å². The Kier molecular flexibility index (Phi) is 17.8. The molecule has 23 heteroatoms. The van der Waals surface area contributed by atoms with Crippen LogP contribution in [-0.4, -0.2) is 165 Å². The summed E-state index contributed by atoms with van der Waals surface area (Å²) in [7, 11) is 0. The highest BCUT2D eigenvalue weighted by Gasteiger charge is 2.66. The van der Waals surface area contributed by atoms with Crippen LogP contribution >= 0.6 is 0 Å². The Bertz CT molecular complexity index is 2310. The molecule has 2 unspecified atom stereocenters. The first-order chi connectivity index (χ1) is 34.3. The summed E-state index contributed by atoms with van der Waals surface area (Å²) in [5.74, 6) is -6.15. The molecule has 9 atom stereocenters. The summed E-state index contributed by atoms with van der Waals surface area (Å²) in [4.78, 5) is 103. The van der Waals surface area contributed by atoms with Gasteiger partial charge in [-0.25, -0.2) is 9.59 Å². The number of aliphatic hydroxyl groups excluding tert-OH is 3. The van der Waals surface area contributed by atoms with Crippen LogP contribution in [0.2, 0.25) is 0 Å². The average molecular weight is 1030 g/mol. The number of hydrogen-bond donors (Lipinski definition) is 9. The van der Waals surface area contributed by atoms with Gasteiger partial charge in [-0.15, -0.1) is 0 Å². The maximum absolute atomic E-state index is 13.9. The molecule has 1 saturated heterocycles. The zero-order valence-corrected chi connectivity index (χ0v) is 42.4. The Morgan fingerprint density at radius 2 is 1.58 bits per heavy atom. The lowest BCUT2D eigenvalue weighted by molar-refractivity contribution is -0.244. The predicted molar refractivity (Wildman–Crippen MR) is 261 cm³/mol. The number of carbonyl (C=O) groups excluding carboxylic acids is 7. The molecule has 7 amide bonds. The summed E-state index contributed by atoms with van der Waals surface area (Å²) < 4.78 is 18.2. The van der Waals surface area contributed by atoms with E-state index < -0.39 is 108 Å². The van der Waals surface area contributed by atoms with Crippen LogP contribution in [0.1, 0.15) is 104 Å². The van der Waals surface area contributed by atoms with Crippen LogP contribution in [0, 0.1) is 22.2 Å². The summed E-state index contributed by atoms with van der Waals surface area (Å²) >= 11 is 0. The van der Waals surface area contributed by atoms with Gasteiger partial charge in [-0.1, -0.05) is 33.8 Å². The van der Waals surface area contributed by atoms with E-state index in [1.54, 1.807) is 32.2 Å². The Morgan fingerprint density at radius 3 is 2.19 bits per heavy atom. The zero-order valence-electron chi connectivity index (χ0n) is 42.4. The van der Waals surface area contributed by atoms with Crippen LogP contribution in [0.4, 0.5) is 10.5 Å². The zero-order chi connectivity index (χ0) is 53.6. The Balaban J connectivity index is 1.14. The quantitative estimate of drug-likeness (QED) is 0.0389. The van der Waals surface area contributed by atoms with Gasteiger partial charge in [-0.2, -0.15) is 5.10 Å². The van der Waals surface area contributed by atoms with E-state index in [4.69, 9.17) is 19.9 Å². The fourth-order valence-electron chi connectivity index (χ4n) is 12.5. The molecule has 7 rings (SSSR count). The van der Waals surface area contributed by atoms with Crippen molar-refractivity contribution in [2.24, 2.45) is 33.0 Å². The number of nitrogens with zero attached hydrogens (tertiary/aromatic N) is 3. The molecule has 73 heavy (non-hydrogen) atoms. The molecule has 10 N–H and O–H groups in total. The number of aliphatic hydroxyl groups is 3. The van der Waals surface area contributed by atoms with Crippen LogP contribution in [-0.2, 0) is 60.8 Å². The molecule has 6 aliphatic rings. The summed E-state index contributed by atoms with van der Waals surface area (Å²) in [6.07, 6.45) is 0.0946. The highest BCUT2D eigenvalue weighted by molar-refractivity contribution is 6.14. The average Bonchev–Trinajstić information content (AvgIpc) is 3.60. The number of aryl methyl sites for hydroxylation is 1. The van der Waals surface area contributed by atoms with Crippen molar-refractivity contribution in [1.29, 1.82) is 0 Å². The van der Waals surface area contributed by atoms with Gasteiger partial charge in [0, 0.05) is 50.1 Å². The first kappa shape index (κ1) is 56.3. The van der Waals surface area contributed by atoms with E-state index >= 15 is 0 Å². The van der Waals surface area contributed by atoms with Crippen molar-refractivity contribution in [3.05, 3.63) is 41.5 Å². The van der Waals surface area contributed by atoms with Gasteiger partial charge >= 0.3 is 12.1 Å². The molecule has 4 bridgehead atoms. The molecule has 0 radical (unpaired) electrons. The minimum absolute atomic E-state index is 0.00116.